The van der Waals surface area contributed by atoms with Crippen LogP contribution < -0.4 is 15.2 Å². The van der Waals surface area contributed by atoms with E-state index < -0.39 is 29.1 Å². The summed E-state index contributed by atoms with van der Waals surface area (Å²) in [5, 5.41) is 8.41. The summed E-state index contributed by atoms with van der Waals surface area (Å²) in [7, 11) is -2.98. The number of nitrogen functional groups attached to an aromatic ring is 1. The van der Waals surface area contributed by atoms with Crippen molar-refractivity contribution < 1.29 is 27.0 Å². The molecule has 0 unspecified atom stereocenters. The summed E-state index contributed by atoms with van der Waals surface area (Å²) in [5.41, 5.74) is 6.41. The number of halogens is 2. The largest absolute Gasteiger partial charge is 0.495 e. The van der Waals surface area contributed by atoms with Crippen molar-refractivity contribution in [2.45, 2.75) is 17.7 Å². The van der Waals surface area contributed by atoms with Crippen LogP contribution in [0.5, 0.6) is 5.75 Å². The van der Waals surface area contributed by atoms with Gasteiger partial charge in [0.2, 0.25) is 10.0 Å². The Labute approximate surface area is 115 Å². The van der Waals surface area contributed by atoms with E-state index in [4.69, 9.17) is 15.6 Å². The van der Waals surface area contributed by atoms with Gasteiger partial charge in [0.25, 0.3) is 5.92 Å². The first kappa shape index (κ1) is 16.6. The van der Waals surface area contributed by atoms with Gasteiger partial charge in [-0.3, -0.25) is 0 Å². The van der Waals surface area contributed by atoms with Crippen LogP contribution in [-0.4, -0.2) is 39.7 Å². The molecule has 4 N–H and O–H groups in total. The van der Waals surface area contributed by atoms with Crippen LogP contribution in [0.4, 0.5) is 14.5 Å². The predicted molar refractivity (Wildman–Crippen MR) is 69.4 cm³/mol. The van der Waals surface area contributed by atoms with Gasteiger partial charge in [0.1, 0.15) is 17.3 Å². The molecule has 0 aliphatic rings. The third kappa shape index (κ3) is 3.78. The van der Waals surface area contributed by atoms with Gasteiger partial charge in [-0.2, -0.15) is 0 Å². The summed E-state index contributed by atoms with van der Waals surface area (Å²) >= 11 is 0. The molecule has 0 aromatic heterocycles. The van der Waals surface area contributed by atoms with Crippen molar-refractivity contribution in [3.63, 3.8) is 0 Å². The minimum atomic E-state index is -4.23. The van der Waals surface area contributed by atoms with Crippen LogP contribution in [0.3, 0.4) is 0 Å². The first-order chi connectivity index (χ1) is 9.13. The number of aryl methyl sites for hydroxylation is 1. The summed E-state index contributed by atoms with van der Waals surface area (Å²) in [6.45, 7) is -1.02. The van der Waals surface area contributed by atoms with Gasteiger partial charge in [0, 0.05) is 5.69 Å². The van der Waals surface area contributed by atoms with E-state index in [0.29, 0.717) is 5.56 Å². The first-order valence-electron chi connectivity index (χ1n) is 5.55. The molecule has 114 valence electrons. The molecule has 0 aliphatic carbocycles. The molecule has 0 amide bonds. The van der Waals surface area contributed by atoms with Crippen molar-refractivity contribution in [1.29, 1.82) is 0 Å². The highest BCUT2D eigenvalue weighted by Crippen LogP contribution is 2.29. The lowest BCUT2D eigenvalue weighted by Crippen LogP contribution is -2.39. The fourth-order valence-corrected chi connectivity index (χ4v) is 2.63. The smallest absolute Gasteiger partial charge is 0.283 e. The molecular weight excluding hydrogens is 294 g/mol. The summed E-state index contributed by atoms with van der Waals surface area (Å²) in [4.78, 5) is -0.336. The quantitative estimate of drug-likeness (QED) is 0.664. The molecule has 0 heterocycles. The Hall–Kier alpha value is -1.45. The molecule has 0 saturated heterocycles. The SMILES string of the molecule is COc1cc(C)c(N)cc1S(=O)(=O)NCC(F)(F)CO. The molecular formula is C11H16F2N2O4S. The highest BCUT2D eigenvalue weighted by atomic mass is 32.2. The van der Waals surface area contributed by atoms with Gasteiger partial charge in [0.05, 0.1) is 13.7 Å². The Morgan fingerprint density at radius 3 is 2.55 bits per heavy atom. The number of sulfonamides is 1. The zero-order valence-corrected chi connectivity index (χ0v) is 11.8. The molecule has 0 radical (unpaired) electrons. The number of methoxy groups -OCH3 is 1. The lowest BCUT2D eigenvalue weighted by atomic mass is 10.2. The highest BCUT2D eigenvalue weighted by molar-refractivity contribution is 7.89. The van der Waals surface area contributed by atoms with Crippen LogP contribution in [0.15, 0.2) is 17.0 Å². The average Bonchev–Trinajstić information content (AvgIpc) is 2.39. The number of benzene rings is 1. The molecule has 0 fully saturated rings. The van der Waals surface area contributed by atoms with Crippen molar-refractivity contribution in [2.24, 2.45) is 0 Å². The summed E-state index contributed by atoms with van der Waals surface area (Å²) in [6.07, 6.45) is 0. The molecule has 0 atom stereocenters. The lowest BCUT2D eigenvalue weighted by molar-refractivity contribution is -0.0437. The summed E-state index contributed by atoms with van der Waals surface area (Å²) in [6, 6.07) is 2.53. The molecule has 9 heteroatoms. The van der Waals surface area contributed by atoms with Gasteiger partial charge in [-0.25, -0.2) is 21.9 Å². The van der Waals surface area contributed by atoms with Crippen LogP contribution in [0, 0.1) is 6.92 Å². The van der Waals surface area contributed by atoms with E-state index in [1.807, 2.05) is 0 Å². The number of rotatable bonds is 6. The maximum absolute atomic E-state index is 12.9. The molecule has 20 heavy (non-hydrogen) atoms. The van der Waals surface area contributed by atoms with E-state index >= 15 is 0 Å². The third-order valence-electron chi connectivity index (χ3n) is 2.59. The fraction of sp³-hybridized carbons (Fsp3) is 0.455. The molecule has 0 saturated carbocycles. The number of anilines is 1. The Morgan fingerprint density at radius 2 is 2.05 bits per heavy atom. The second-order valence-electron chi connectivity index (χ2n) is 4.20. The number of alkyl halides is 2. The van der Waals surface area contributed by atoms with Gasteiger partial charge < -0.3 is 15.6 Å². The molecule has 1 rings (SSSR count). The average molecular weight is 310 g/mol. The number of nitrogens with one attached hydrogen (secondary N) is 1. The van der Waals surface area contributed by atoms with E-state index in [1.165, 1.54) is 13.2 Å². The molecule has 1 aromatic rings. The highest BCUT2D eigenvalue weighted by Gasteiger charge is 2.31. The Balaban J connectivity index is 3.13. The number of aliphatic hydroxyl groups excluding tert-OH is 1. The van der Waals surface area contributed by atoms with Crippen molar-refractivity contribution in [1.82, 2.24) is 4.72 Å². The predicted octanol–water partition coefficient (Wildman–Crippen LogP) is 0.492. The molecule has 1 aromatic carbocycles. The monoisotopic (exact) mass is 310 g/mol. The van der Waals surface area contributed by atoms with Crippen molar-refractivity contribution in [2.75, 3.05) is 26.0 Å². The first-order valence-corrected chi connectivity index (χ1v) is 7.04. The minimum absolute atomic E-state index is 0.00323. The molecule has 0 aliphatic heterocycles. The van der Waals surface area contributed by atoms with Gasteiger partial charge in [0.15, 0.2) is 0 Å². The summed E-state index contributed by atoms with van der Waals surface area (Å²) < 4.78 is 56.4. The molecule has 0 bridgehead atoms. The zero-order chi connectivity index (χ0) is 15.6. The van der Waals surface area contributed by atoms with Crippen LogP contribution >= 0.6 is 0 Å². The molecule has 0 spiro atoms. The number of hydrogen-bond donors (Lipinski definition) is 3. The normalized spacial score (nSPS) is 12.4. The second-order valence-corrected chi connectivity index (χ2v) is 5.93. The number of nitrogens with two attached hydrogens (primary N) is 1. The summed E-state index contributed by atoms with van der Waals surface area (Å²) in [5.74, 6) is -3.55. The van der Waals surface area contributed by atoms with Crippen molar-refractivity contribution in [3.8, 4) is 5.75 Å². The fourth-order valence-electron chi connectivity index (χ4n) is 1.38. The van der Waals surface area contributed by atoms with E-state index in [0.717, 1.165) is 6.07 Å². The Morgan fingerprint density at radius 1 is 1.45 bits per heavy atom. The van der Waals surface area contributed by atoms with E-state index in [2.05, 4.69) is 0 Å². The molecule has 6 nitrogen and oxygen atoms in total. The topological polar surface area (TPSA) is 102 Å². The van der Waals surface area contributed by atoms with Gasteiger partial charge >= 0.3 is 0 Å². The van der Waals surface area contributed by atoms with Crippen LogP contribution in [0.25, 0.3) is 0 Å². The maximum atomic E-state index is 12.9. The lowest BCUT2D eigenvalue weighted by Gasteiger charge is -2.16. The van der Waals surface area contributed by atoms with Gasteiger partial charge in [-0.15, -0.1) is 0 Å². The Kier molecular flexibility index (Phi) is 4.90. The van der Waals surface area contributed by atoms with Crippen LogP contribution in [0.2, 0.25) is 0 Å². The third-order valence-corrected chi connectivity index (χ3v) is 4.02. The van der Waals surface area contributed by atoms with Crippen molar-refractivity contribution in [3.05, 3.63) is 17.7 Å². The van der Waals surface area contributed by atoms with Crippen LogP contribution in [-0.2, 0) is 10.0 Å². The van der Waals surface area contributed by atoms with Gasteiger partial charge in [-0.1, -0.05) is 0 Å². The second kappa shape index (κ2) is 5.90. The van der Waals surface area contributed by atoms with E-state index in [1.54, 1.807) is 11.6 Å². The van der Waals surface area contributed by atoms with Crippen molar-refractivity contribution >= 4 is 15.7 Å². The van der Waals surface area contributed by atoms with Crippen LogP contribution in [0.1, 0.15) is 5.56 Å². The minimum Gasteiger partial charge on any atom is -0.495 e. The number of aliphatic hydroxyl groups is 1. The number of hydrogen-bond acceptors (Lipinski definition) is 5. The van der Waals surface area contributed by atoms with Gasteiger partial charge in [-0.05, 0) is 24.6 Å². The number of ether oxygens (including phenoxy) is 1. The standard InChI is InChI=1S/C11H16F2N2O4S/c1-7-3-9(19-2)10(4-8(7)14)20(17,18)15-5-11(12,13)6-16/h3-4,15-16H,5-6,14H2,1-2H3. The van der Waals surface area contributed by atoms with E-state index in [-0.39, 0.29) is 16.3 Å². The maximum Gasteiger partial charge on any atom is 0.283 e. The Bertz CT molecular complexity index is 590. The van der Waals surface area contributed by atoms with E-state index in [9.17, 15) is 17.2 Å². The zero-order valence-electron chi connectivity index (χ0n) is 11.0.